The van der Waals surface area contributed by atoms with Gasteiger partial charge in [0, 0.05) is 60.1 Å². The van der Waals surface area contributed by atoms with E-state index >= 15 is 0 Å². The number of carbonyl (C=O) groups is 2. The lowest BCUT2D eigenvalue weighted by molar-refractivity contribution is -0.137. The maximum atomic E-state index is 13.0. The Bertz CT molecular complexity index is 1110. The Morgan fingerprint density at radius 2 is 2.00 bits per heavy atom. The van der Waals surface area contributed by atoms with Crippen LogP contribution in [0.4, 0.5) is 10.6 Å². The van der Waals surface area contributed by atoms with E-state index in [0.717, 1.165) is 50.0 Å². The number of nitrogens with one attached hydrogen (secondary N) is 1. The predicted octanol–water partition coefficient (Wildman–Crippen LogP) is 4.82. The van der Waals surface area contributed by atoms with Crippen LogP contribution in [0.5, 0.6) is 5.75 Å². The minimum absolute atomic E-state index is 0.0494. The van der Waals surface area contributed by atoms with E-state index in [1.54, 1.807) is 12.3 Å². The molecule has 0 unspecified atom stereocenters. The smallest absolute Gasteiger partial charge is 0.344 e. The number of carboxylic acid groups (broad SMARTS) is 1. The van der Waals surface area contributed by atoms with Gasteiger partial charge in [0.25, 0.3) is 0 Å². The van der Waals surface area contributed by atoms with Crippen molar-refractivity contribution in [2.24, 2.45) is 0 Å². The van der Waals surface area contributed by atoms with Gasteiger partial charge in [-0.2, -0.15) is 4.68 Å². The van der Waals surface area contributed by atoms with E-state index in [1.165, 1.54) is 4.68 Å². The molecule has 2 aliphatic rings. The number of amides is 1. The molecule has 1 spiro atoms. The summed E-state index contributed by atoms with van der Waals surface area (Å²) in [6, 6.07) is 7.33. The Morgan fingerprint density at radius 1 is 1.22 bits per heavy atom. The number of halogens is 1. The van der Waals surface area contributed by atoms with Gasteiger partial charge in [0.15, 0.2) is 5.82 Å². The van der Waals surface area contributed by atoms with Crippen LogP contribution < -0.4 is 10.1 Å². The predicted molar refractivity (Wildman–Crippen MR) is 138 cm³/mol. The van der Waals surface area contributed by atoms with Crippen LogP contribution in [0, 0.1) is 0 Å². The summed E-state index contributed by atoms with van der Waals surface area (Å²) in [6.45, 7) is 9.06. The van der Waals surface area contributed by atoms with Gasteiger partial charge in [-0.15, -0.1) is 5.10 Å². The van der Waals surface area contributed by atoms with E-state index < -0.39 is 5.97 Å². The first-order valence-electron chi connectivity index (χ1n) is 12.4. The average molecular weight is 516 g/mol. The first kappa shape index (κ1) is 26.0. The molecule has 10 heteroatoms. The van der Waals surface area contributed by atoms with Gasteiger partial charge in [0.1, 0.15) is 5.75 Å². The van der Waals surface area contributed by atoms with E-state index in [9.17, 15) is 9.59 Å². The molecule has 0 radical (unpaired) electrons. The molecule has 0 aliphatic carbocycles. The Hall–Kier alpha value is -3.04. The Balaban J connectivity index is 1.38. The summed E-state index contributed by atoms with van der Waals surface area (Å²) in [5.74, 6) is 0.487. The molecule has 1 aromatic heterocycles. The van der Waals surface area contributed by atoms with E-state index in [0.29, 0.717) is 42.7 Å². The molecule has 2 N–H and O–H groups in total. The molecule has 2 aliphatic heterocycles. The first-order valence-corrected chi connectivity index (χ1v) is 12.8. The fourth-order valence-corrected chi connectivity index (χ4v) is 5.35. The summed E-state index contributed by atoms with van der Waals surface area (Å²) in [6.07, 6.45) is 6.22. The number of likely N-dealkylation sites (tertiary alicyclic amines) is 2. The minimum atomic E-state index is -0.828. The molecule has 0 saturated carbocycles. The molecule has 194 valence electrons. The van der Waals surface area contributed by atoms with Crippen LogP contribution in [0.15, 0.2) is 42.7 Å². The molecule has 2 fully saturated rings. The van der Waals surface area contributed by atoms with Crippen molar-refractivity contribution in [1.29, 1.82) is 0 Å². The monoisotopic (exact) mass is 515 g/mol. The number of allylic oxidation sites excluding steroid dienone is 1. The molecular formula is C26H34ClN5O4. The maximum absolute atomic E-state index is 13.0. The van der Waals surface area contributed by atoms with Crippen molar-refractivity contribution in [3.8, 4) is 5.75 Å². The highest BCUT2D eigenvalue weighted by Gasteiger charge is 2.44. The van der Waals surface area contributed by atoms with Gasteiger partial charge in [-0.3, -0.25) is 9.69 Å². The molecule has 9 nitrogen and oxygen atoms in total. The van der Waals surface area contributed by atoms with Crippen LogP contribution in [0.2, 0.25) is 5.02 Å². The number of aliphatic carboxylic acids is 1. The number of aromatic nitrogens is 2. The van der Waals surface area contributed by atoms with Crippen molar-refractivity contribution in [2.45, 2.75) is 57.5 Å². The molecule has 4 rings (SSSR count). The lowest BCUT2D eigenvalue weighted by Crippen LogP contribution is -2.53. The number of ether oxygens (including phenoxy) is 1. The van der Waals surface area contributed by atoms with Crippen LogP contribution in [-0.2, 0) is 11.3 Å². The highest BCUT2D eigenvalue weighted by Crippen LogP contribution is 2.40. The fourth-order valence-electron chi connectivity index (χ4n) is 5.19. The number of hydrogen-bond acceptors (Lipinski definition) is 6. The summed E-state index contributed by atoms with van der Waals surface area (Å²) in [7, 11) is 0. The zero-order valence-corrected chi connectivity index (χ0v) is 21.5. The average Bonchev–Trinajstić information content (AvgIpc) is 3.45. The fraction of sp³-hybridized carbons (Fsp3) is 0.500. The Labute approximate surface area is 216 Å². The van der Waals surface area contributed by atoms with Gasteiger partial charge >= 0.3 is 12.0 Å². The van der Waals surface area contributed by atoms with E-state index in [4.69, 9.17) is 21.4 Å². The largest absolute Gasteiger partial charge is 0.493 e. The van der Waals surface area contributed by atoms with Crippen LogP contribution in [-0.4, -0.2) is 68.5 Å². The number of nitrogens with zero attached hydrogens (tertiary/aromatic N) is 4. The highest BCUT2D eigenvalue weighted by atomic mass is 35.5. The van der Waals surface area contributed by atoms with Crippen molar-refractivity contribution in [3.05, 3.63) is 53.3 Å². The quantitative estimate of drug-likeness (QED) is 0.461. The molecule has 36 heavy (non-hydrogen) atoms. The van der Waals surface area contributed by atoms with Gasteiger partial charge in [-0.1, -0.05) is 24.2 Å². The van der Waals surface area contributed by atoms with Crippen LogP contribution in [0.3, 0.4) is 0 Å². The van der Waals surface area contributed by atoms with Gasteiger partial charge in [0.2, 0.25) is 0 Å². The van der Waals surface area contributed by atoms with E-state index in [-0.39, 0.29) is 18.0 Å². The van der Waals surface area contributed by atoms with Crippen LogP contribution in [0.25, 0.3) is 0 Å². The molecule has 1 amide bonds. The number of hydrogen-bond donors (Lipinski definition) is 2. The molecule has 0 atom stereocenters. The Kier molecular flexibility index (Phi) is 8.21. The summed E-state index contributed by atoms with van der Waals surface area (Å²) in [5, 5.41) is 16.8. The minimum Gasteiger partial charge on any atom is -0.493 e. The highest BCUT2D eigenvalue weighted by molar-refractivity contribution is 6.30. The van der Waals surface area contributed by atoms with Crippen LogP contribution in [0.1, 0.15) is 51.0 Å². The standard InChI is InChI=1S/C26H34ClN5O4/c1-19(2)28-23-8-13-32(29-23)25(35)30-14-10-26(11-15-30)9-4-12-31(26)18-20-6-7-21(27)17-22(20)36-16-3-5-24(33)34/h6-8,13,17H,1,3-5,9-12,14-16,18H2,2H3,(H,28,29)(H,33,34). The number of rotatable bonds is 9. The summed E-state index contributed by atoms with van der Waals surface area (Å²) >= 11 is 6.22. The third-order valence-electron chi connectivity index (χ3n) is 7.02. The van der Waals surface area contributed by atoms with Crippen molar-refractivity contribution in [1.82, 2.24) is 19.6 Å². The number of benzene rings is 1. The van der Waals surface area contributed by atoms with E-state index in [2.05, 4.69) is 21.9 Å². The van der Waals surface area contributed by atoms with Crippen molar-refractivity contribution in [2.75, 3.05) is 31.6 Å². The van der Waals surface area contributed by atoms with Gasteiger partial charge in [-0.05, 0) is 57.7 Å². The van der Waals surface area contributed by atoms with Crippen molar-refractivity contribution >= 4 is 29.4 Å². The van der Waals surface area contributed by atoms with Gasteiger partial charge in [-0.25, -0.2) is 4.79 Å². The van der Waals surface area contributed by atoms with Crippen molar-refractivity contribution in [3.63, 3.8) is 0 Å². The third kappa shape index (κ3) is 6.20. The molecule has 3 heterocycles. The van der Waals surface area contributed by atoms with E-state index in [1.807, 2.05) is 30.0 Å². The summed E-state index contributed by atoms with van der Waals surface area (Å²) in [4.78, 5) is 28.2. The molecule has 1 aromatic carbocycles. The third-order valence-corrected chi connectivity index (χ3v) is 7.25. The van der Waals surface area contributed by atoms with Crippen LogP contribution >= 0.6 is 11.6 Å². The van der Waals surface area contributed by atoms with Gasteiger partial charge < -0.3 is 20.1 Å². The molecule has 2 saturated heterocycles. The zero-order valence-electron chi connectivity index (χ0n) is 20.7. The second-order valence-corrected chi connectivity index (χ2v) is 10.1. The topological polar surface area (TPSA) is 99.9 Å². The molecular weight excluding hydrogens is 482 g/mol. The summed E-state index contributed by atoms with van der Waals surface area (Å²) < 4.78 is 7.32. The first-order chi connectivity index (χ1) is 17.3. The normalized spacial score (nSPS) is 17.3. The lowest BCUT2D eigenvalue weighted by atomic mass is 9.84. The zero-order chi connectivity index (χ0) is 25.7. The molecule has 0 bridgehead atoms. The summed E-state index contributed by atoms with van der Waals surface area (Å²) in [5.41, 5.74) is 1.86. The maximum Gasteiger partial charge on any atom is 0.344 e. The number of carboxylic acids is 1. The van der Waals surface area contributed by atoms with Gasteiger partial charge in [0.05, 0.1) is 6.61 Å². The number of anilines is 1. The second kappa shape index (κ2) is 11.3. The second-order valence-electron chi connectivity index (χ2n) is 9.67. The SMILES string of the molecule is C=C(C)Nc1ccn(C(=O)N2CCC3(CCCN3Cc3ccc(Cl)cc3OCCCC(=O)O)CC2)n1. The Morgan fingerprint density at radius 3 is 2.72 bits per heavy atom. The lowest BCUT2D eigenvalue weighted by Gasteiger charge is -2.45. The number of piperidine rings is 1. The number of carbonyl (C=O) groups excluding carboxylic acids is 1. The molecule has 2 aromatic rings. The van der Waals surface area contributed by atoms with Crippen molar-refractivity contribution < 1.29 is 19.4 Å².